The molecule has 4 rings (SSSR count). The Morgan fingerprint density at radius 1 is 1.19 bits per heavy atom. The molecule has 0 aliphatic carbocycles. The third-order valence-electron chi connectivity index (χ3n) is 5.78. The number of nitrogens with zero attached hydrogens (tertiary/aromatic N) is 3. The van der Waals surface area contributed by atoms with Gasteiger partial charge >= 0.3 is 0 Å². The highest BCUT2D eigenvalue weighted by atomic mass is 32.1. The van der Waals surface area contributed by atoms with Crippen molar-refractivity contribution in [1.82, 2.24) is 14.9 Å². The van der Waals surface area contributed by atoms with Gasteiger partial charge in [-0.2, -0.15) is 0 Å². The predicted molar refractivity (Wildman–Crippen MR) is 115 cm³/mol. The maximum atomic E-state index is 4.82. The summed E-state index contributed by atoms with van der Waals surface area (Å²) in [5, 5.41) is 1.29. The average Bonchev–Trinajstić information content (AvgIpc) is 3.13. The molecule has 0 unspecified atom stereocenters. The molecule has 3 aromatic rings. The van der Waals surface area contributed by atoms with Gasteiger partial charge in [0.25, 0.3) is 0 Å². The van der Waals surface area contributed by atoms with Crippen molar-refractivity contribution in [3.05, 3.63) is 58.4 Å². The van der Waals surface area contributed by atoms with Gasteiger partial charge in [-0.15, -0.1) is 11.3 Å². The van der Waals surface area contributed by atoms with E-state index in [9.17, 15) is 0 Å². The highest BCUT2D eigenvalue weighted by molar-refractivity contribution is 7.18. The summed E-state index contributed by atoms with van der Waals surface area (Å²) in [6.07, 6.45) is 7.85. The highest BCUT2D eigenvalue weighted by Crippen LogP contribution is 2.28. The molecule has 0 atom stereocenters. The number of rotatable bonds is 6. The summed E-state index contributed by atoms with van der Waals surface area (Å²) in [5.41, 5.74) is 5.23. The molecular weight excluding hydrogens is 350 g/mol. The van der Waals surface area contributed by atoms with E-state index in [0.717, 1.165) is 18.4 Å². The lowest BCUT2D eigenvalue weighted by atomic mass is 9.92. The van der Waals surface area contributed by atoms with Crippen LogP contribution in [0.1, 0.15) is 53.9 Å². The van der Waals surface area contributed by atoms with Crippen molar-refractivity contribution in [1.29, 1.82) is 0 Å². The Morgan fingerprint density at radius 2 is 2.04 bits per heavy atom. The van der Waals surface area contributed by atoms with E-state index in [1.165, 1.54) is 65.4 Å². The van der Waals surface area contributed by atoms with Gasteiger partial charge in [-0.05, 0) is 81.6 Å². The van der Waals surface area contributed by atoms with Crippen LogP contribution in [0.2, 0.25) is 0 Å². The molecule has 27 heavy (non-hydrogen) atoms. The third kappa shape index (κ3) is 4.39. The number of aromatic nitrogens is 2. The molecular formula is C23H29N3S. The number of pyridine rings is 1. The van der Waals surface area contributed by atoms with Crippen LogP contribution in [0.5, 0.6) is 0 Å². The Hall–Kier alpha value is -1.78. The van der Waals surface area contributed by atoms with Crippen molar-refractivity contribution in [2.75, 3.05) is 19.6 Å². The van der Waals surface area contributed by atoms with E-state index >= 15 is 0 Å². The first-order valence-electron chi connectivity index (χ1n) is 10.2. The first-order valence-corrected chi connectivity index (χ1v) is 11.1. The lowest BCUT2D eigenvalue weighted by molar-refractivity contribution is 0.209. The second-order valence-electron chi connectivity index (χ2n) is 7.69. The van der Waals surface area contributed by atoms with Crippen molar-refractivity contribution in [3.8, 4) is 0 Å². The summed E-state index contributed by atoms with van der Waals surface area (Å²) in [6, 6.07) is 10.9. The van der Waals surface area contributed by atoms with E-state index in [1.54, 1.807) is 0 Å². The van der Waals surface area contributed by atoms with Crippen LogP contribution in [0.15, 0.2) is 36.5 Å². The van der Waals surface area contributed by atoms with Gasteiger partial charge < -0.3 is 4.90 Å². The van der Waals surface area contributed by atoms with E-state index in [0.29, 0.717) is 5.92 Å². The third-order valence-corrected chi connectivity index (χ3v) is 7.05. The average molecular weight is 380 g/mol. The number of fused-ring (bicyclic) bond motifs is 1. The summed E-state index contributed by atoms with van der Waals surface area (Å²) in [5.74, 6) is 0.639. The minimum absolute atomic E-state index is 0.639. The quantitative estimate of drug-likeness (QED) is 0.576. The second kappa shape index (κ2) is 8.49. The van der Waals surface area contributed by atoms with Crippen LogP contribution in [0, 0.1) is 6.92 Å². The lowest BCUT2D eigenvalue weighted by Gasteiger charge is -2.31. The maximum Gasteiger partial charge on any atom is 0.0939 e. The molecule has 142 valence electrons. The Bertz CT molecular complexity index is 894. The van der Waals surface area contributed by atoms with Gasteiger partial charge in [-0.1, -0.05) is 19.1 Å². The first kappa shape index (κ1) is 18.6. The van der Waals surface area contributed by atoms with Crippen molar-refractivity contribution >= 4 is 21.6 Å². The summed E-state index contributed by atoms with van der Waals surface area (Å²) in [6.45, 7) is 7.97. The van der Waals surface area contributed by atoms with Gasteiger partial charge in [-0.25, -0.2) is 4.98 Å². The Kier molecular flexibility index (Phi) is 5.84. The smallest absolute Gasteiger partial charge is 0.0939 e. The van der Waals surface area contributed by atoms with E-state index in [4.69, 9.17) is 4.98 Å². The van der Waals surface area contributed by atoms with E-state index < -0.39 is 0 Å². The van der Waals surface area contributed by atoms with Crippen LogP contribution in [0.4, 0.5) is 0 Å². The molecule has 2 aromatic heterocycles. The number of piperidine rings is 1. The highest BCUT2D eigenvalue weighted by Gasteiger charge is 2.21. The van der Waals surface area contributed by atoms with Crippen LogP contribution in [0.3, 0.4) is 0 Å². The molecule has 1 fully saturated rings. The molecule has 1 aliphatic heterocycles. The monoisotopic (exact) mass is 379 g/mol. The fourth-order valence-corrected chi connectivity index (χ4v) is 5.16. The molecule has 1 aliphatic rings. The zero-order valence-electron chi connectivity index (χ0n) is 16.4. The Morgan fingerprint density at radius 3 is 2.81 bits per heavy atom. The molecule has 1 saturated heterocycles. The first-order chi connectivity index (χ1) is 13.2. The molecule has 0 amide bonds. The number of likely N-dealkylation sites (tertiary alicyclic amines) is 1. The second-order valence-corrected chi connectivity index (χ2v) is 8.78. The van der Waals surface area contributed by atoms with E-state index in [1.807, 2.05) is 17.5 Å². The Balaban J connectivity index is 1.26. The number of thiazole rings is 1. The van der Waals surface area contributed by atoms with Crippen molar-refractivity contribution in [3.63, 3.8) is 0 Å². The zero-order chi connectivity index (χ0) is 18.6. The van der Waals surface area contributed by atoms with Crippen molar-refractivity contribution in [2.24, 2.45) is 0 Å². The number of hydrogen-bond donors (Lipinski definition) is 0. The SMILES string of the molecule is CCc1ccnc(C2CCN(CCCc3nc4cccc(C)c4s3)CC2)c1. The van der Waals surface area contributed by atoms with Crippen LogP contribution in [0.25, 0.3) is 10.2 Å². The van der Waals surface area contributed by atoms with Crippen molar-refractivity contribution < 1.29 is 0 Å². The summed E-state index contributed by atoms with van der Waals surface area (Å²) >= 11 is 1.87. The fourth-order valence-electron chi connectivity index (χ4n) is 4.08. The molecule has 1 aromatic carbocycles. The summed E-state index contributed by atoms with van der Waals surface area (Å²) in [7, 11) is 0. The fraction of sp³-hybridized carbons (Fsp3) is 0.478. The zero-order valence-corrected chi connectivity index (χ0v) is 17.3. The van der Waals surface area contributed by atoms with Crippen LogP contribution >= 0.6 is 11.3 Å². The van der Waals surface area contributed by atoms with Gasteiger partial charge in [0.2, 0.25) is 0 Å². The van der Waals surface area contributed by atoms with Crippen LogP contribution in [-0.2, 0) is 12.8 Å². The molecule has 0 spiro atoms. The molecule has 4 heteroatoms. The number of hydrogen-bond acceptors (Lipinski definition) is 4. The van der Waals surface area contributed by atoms with Crippen LogP contribution in [-0.4, -0.2) is 34.5 Å². The van der Waals surface area contributed by atoms with Gasteiger partial charge in [0, 0.05) is 24.2 Å². The van der Waals surface area contributed by atoms with E-state index in [2.05, 4.69) is 54.1 Å². The van der Waals surface area contributed by atoms with Crippen LogP contribution < -0.4 is 0 Å². The molecule has 0 saturated carbocycles. The van der Waals surface area contributed by atoms with Gasteiger partial charge in [0.1, 0.15) is 0 Å². The van der Waals surface area contributed by atoms with E-state index in [-0.39, 0.29) is 0 Å². The molecule has 0 bridgehead atoms. The molecule has 3 heterocycles. The van der Waals surface area contributed by atoms with Gasteiger partial charge in [0.05, 0.1) is 15.2 Å². The predicted octanol–water partition coefficient (Wildman–Crippen LogP) is 5.37. The minimum atomic E-state index is 0.639. The Labute approximate surface area is 166 Å². The van der Waals surface area contributed by atoms with Gasteiger partial charge in [0.15, 0.2) is 0 Å². The molecule has 0 radical (unpaired) electrons. The normalized spacial score (nSPS) is 16.2. The largest absolute Gasteiger partial charge is 0.303 e. The molecule has 0 N–H and O–H groups in total. The summed E-state index contributed by atoms with van der Waals surface area (Å²) in [4.78, 5) is 12.1. The topological polar surface area (TPSA) is 29.0 Å². The minimum Gasteiger partial charge on any atom is -0.303 e. The number of benzene rings is 1. The van der Waals surface area contributed by atoms with Crippen molar-refractivity contribution in [2.45, 2.75) is 51.9 Å². The standard InChI is InChI=1S/C23H29N3S/c1-3-18-9-12-24-21(16-18)19-10-14-26(15-11-19)13-5-8-22-25-20-7-4-6-17(2)23(20)27-22/h4,6-7,9,12,16,19H,3,5,8,10-11,13-15H2,1-2H3. The number of aryl methyl sites for hydroxylation is 3. The van der Waals surface area contributed by atoms with Gasteiger partial charge in [-0.3, -0.25) is 4.98 Å². The summed E-state index contributed by atoms with van der Waals surface area (Å²) < 4.78 is 1.36. The lowest BCUT2D eigenvalue weighted by Crippen LogP contribution is -2.34. The maximum absolute atomic E-state index is 4.82. The molecule has 3 nitrogen and oxygen atoms in total.